The fourth-order valence-electron chi connectivity index (χ4n) is 2.15. The van der Waals surface area contributed by atoms with E-state index in [1.165, 1.54) is 0 Å². The van der Waals surface area contributed by atoms with Crippen molar-refractivity contribution in [3.8, 4) is 0 Å². The number of nitrogens with one attached hydrogen (secondary N) is 2. The number of carbonyl (C=O) groups is 2. The maximum atomic E-state index is 11.7. The molecule has 1 rings (SSSR count). The van der Waals surface area contributed by atoms with Gasteiger partial charge in [-0.25, -0.2) is 9.48 Å². The molecular formula is C14H24N4O3. The SMILES string of the molecule is CC(C)CC(C)n1nccc1NC(=O)NCCCC(=O)O. The van der Waals surface area contributed by atoms with Gasteiger partial charge in [0.2, 0.25) is 0 Å². The molecule has 7 heteroatoms. The number of anilines is 1. The molecule has 0 aliphatic carbocycles. The van der Waals surface area contributed by atoms with Crippen molar-refractivity contribution < 1.29 is 14.7 Å². The molecule has 0 fully saturated rings. The number of hydrogen-bond donors (Lipinski definition) is 3. The van der Waals surface area contributed by atoms with E-state index in [2.05, 4.69) is 36.5 Å². The average molecular weight is 296 g/mol. The van der Waals surface area contributed by atoms with Gasteiger partial charge in [0, 0.05) is 19.0 Å². The molecule has 0 saturated carbocycles. The van der Waals surface area contributed by atoms with Crippen LogP contribution in [0.1, 0.15) is 46.1 Å². The lowest BCUT2D eigenvalue weighted by molar-refractivity contribution is -0.137. The Morgan fingerprint density at radius 2 is 2.10 bits per heavy atom. The van der Waals surface area contributed by atoms with Crippen LogP contribution in [-0.2, 0) is 4.79 Å². The van der Waals surface area contributed by atoms with Gasteiger partial charge in [-0.05, 0) is 25.7 Å². The first kappa shape index (κ1) is 17.0. The van der Waals surface area contributed by atoms with E-state index in [0.29, 0.717) is 24.7 Å². The zero-order valence-corrected chi connectivity index (χ0v) is 12.8. The molecule has 21 heavy (non-hydrogen) atoms. The summed E-state index contributed by atoms with van der Waals surface area (Å²) in [6.07, 6.45) is 3.07. The highest BCUT2D eigenvalue weighted by molar-refractivity contribution is 5.88. The van der Waals surface area contributed by atoms with Crippen LogP contribution in [-0.4, -0.2) is 33.4 Å². The van der Waals surface area contributed by atoms with Crippen molar-refractivity contribution in [1.29, 1.82) is 0 Å². The molecule has 0 bridgehead atoms. The van der Waals surface area contributed by atoms with Crippen LogP contribution in [0.5, 0.6) is 0 Å². The van der Waals surface area contributed by atoms with Gasteiger partial charge >= 0.3 is 12.0 Å². The third kappa shape index (κ3) is 6.29. The smallest absolute Gasteiger partial charge is 0.320 e. The van der Waals surface area contributed by atoms with E-state index in [4.69, 9.17) is 5.11 Å². The van der Waals surface area contributed by atoms with Gasteiger partial charge in [0.1, 0.15) is 5.82 Å². The van der Waals surface area contributed by atoms with E-state index in [9.17, 15) is 9.59 Å². The Morgan fingerprint density at radius 1 is 1.38 bits per heavy atom. The molecular weight excluding hydrogens is 272 g/mol. The Morgan fingerprint density at radius 3 is 2.71 bits per heavy atom. The van der Waals surface area contributed by atoms with Crippen LogP contribution in [0.15, 0.2) is 12.3 Å². The van der Waals surface area contributed by atoms with Crippen molar-refractivity contribution in [2.24, 2.45) is 5.92 Å². The Kier molecular flexibility index (Phi) is 6.71. The Labute approximate surface area is 124 Å². The lowest BCUT2D eigenvalue weighted by Crippen LogP contribution is -2.31. The molecule has 0 aliphatic heterocycles. The molecule has 0 radical (unpaired) electrons. The molecule has 0 aromatic carbocycles. The molecule has 118 valence electrons. The number of rotatable bonds is 8. The zero-order chi connectivity index (χ0) is 15.8. The second-order valence-corrected chi connectivity index (χ2v) is 5.52. The lowest BCUT2D eigenvalue weighted by Gasteiger charge is -2.18. The maximum absolute atomic E-state index is 11.7. The van der Waals surface area contributed by atoms with E-state index < -0.39 is 5.97 Å². The van der Waals surface area contributed by atoms with Gasteiger partial charge in [-0.3, -0.25) is 10.1 Å². The fraction of sp³-hybridized carbons (Fsp3) is 0.643. The molecule has 1 aromatic rings. The summed E-state index contributed by atoms with van der Waals surface area (Å²) in [4.78, 5) is 22.1. The molecule has 2 amide bonds. The first-order chi connectivity index (χ1) is 9.90. The van der Waals surface area contributed by atoms with Crippen molar-refractivity contribution in [2.45, 2.75) is 46.1 Å². The molecule has 0 saturated heterocycles. The summed E-state index contributed by atoms with van der Waals surface area (Å²) in [7, 11) is 0. The van der Waals surface area contributed by atoms with Gasteiger partial charge in [0.15, 0.2) is 0 Å². The fourth-order valence-corrected chi connectivity index (χ4v) is 2.15. The summed E-state index contributed by atoms with van der Waals surface area (Å²) >= 11 is 0. The summed E-state index contributed by atoms with van der Waals surface area (Å²) < 4.78 is 1.79. The van der Waals surface area contributed by atoms with Crippen LogP contribution < -0.4 is 10.6 Å². The van der Waals surface area contributed by atoms with E-state index in [1.54, 1.807) is 16.9 Å². The molecule has 1 aromatic heterocycles. The summed E-state index contributed by atoms with van der Waals surface area (Å²) in [5.41, 5.74) is 0. The van der Waals surface area contributed by atoms with Crippen LogP contribution in [0.3, 0.4) is 0 Å². The summed E-state index contributed by atoms with van der Waals surface area (Å²) in [5, 5.41) is 18.1. The van der Waals surface area contributed by atoms with E-state index in [1.807, 2.05) is 0 Å². The van der Waals surface area contributed by atoms with Crippen LogP contribution in [0.25, 0.3) is 0 Å². The Bertz CT molecular complexity index is 471. The minimum absolute atomic E-state index is 0.0453. The maximum Gasteiger partial charge on any atom is 0.320 e. The Hall–Kier alpha value is -2.05. The standard InChI is InChI=1S/C14H24N4O3/c1-10(2)9-11(3)18-12(6-8-16-18)17-14(21)15-7-4-5-13(19)20/h6,8,10-11H,4-5,7,9H2,1-3H3,(H,19,20)(H2,15,17,21). The predicted molar refractivity (Wildman–Crippen MR) is 80.3 cm³/mol. The van der Waals surface area contributed by atoms with Gasteiger partial charge in [-0.15, -0.1) is 0 Å². The number of aromatic nitrogens is 2. The van der Waals surface area contributed by atoms with Gasteiger partial charge < -0.3 is 10.4 Å². The summed E-state index contributed by atoms with van der Waals surface area (Å²) in [6, 6.07) is 1.59. The van der Waals surface area contributed by atoms with Gasteiger partial charge in [0.25, 0.3) is 0 Å². The number of aliphatic carboxylic acids is 1. The van der Waals surface area contributed by atoms with Crippen LogP contribution >= 0.6 is 0 Å². The van der Waals surface area contributed by atoms with E-state index in [-0.39, 0.29) is 18.5 Å². The van der Waals surface area contributed by atoms with Crippen LogP contribution in [0.4, 0.5) is 10.6 Å². The molecule has 0 aliphatic rings. The molecule has 7 nitrogen and oxygen atoms in total. The highest BCUT2D eigenvalue weighted by Crippen LogP contribution is 2.20. The number of nitrogens with zero attached hydrogens (tertiary/aromatic N) is 2. The third-order valence-corrected chi connectivity index (χ3v) is 2.99. The molecule has 1 atom stereocenters. The van der Waals surface area contributed by atoms with Gasteiger partial charge in [0.05, 0.1) is 12.2 Å². The van der Waals surface area contributed by atoms with Crippen molar-refractivity contribution in [2.75, 3.05) is 11.9 Å². The Balaban J connectivity index is 2.46. The van der Waals surface area contributed by atoms with Crippen molar-refractivity contribution >= 4 is 17.8 Å². The summed E-state index contributed by atoms with van der Waals surface area (Å²) in [5.74, 6) is 0.318. The quantitative estimate of drug-likeness (QED) is 0.642. The number of amides is 2. The predicted octanol–water partition coefficient (Wildman–Crippen LogP) is 2.48. The molecule has 3 N–H and O–H groups in total. The molecule has 1 unspecified atom stereocenters. The van der Waals surface area contributed by atoms with Crippen LogP contribution in [0.2, 0.25) is 0 Å². The second kappa shape index (κ2) is 8.28. The number of urea groups is 1. The topological polar surface area (TPSA) is 96.3 Å². The zero-order valence-electron chi connectivity index (χ0n) is 12.8. The highest BCUT2D eigenvalue weighted by atomic mass is 16.4. The normalized spacial score (nSPS) is 12.2. The number of carboxylic acids is 1. The monoisotopic (exact) mass is 296 g/mol. The molecule has 1 heterocycles. The van der Waals surface area contributed by atoms with Crippen LogP contribution in [0, 0.1) is 5.92 Å². The van der Waals surface area contributed by atoms with Gasteiger partial charge in [-0.2, -0.15) is 5.10 Å². The minimum atomic E-state index is -0.863. The van der Waals surface area contributed by atoms with E-state index in [0.717, 1.165) is 6.42 Å². The lowest BCUT2D eigenvalue weighted by atomic mass is 10.1. The highest BCUT2D eigenvalue weighted by Gasteiger charge is 2.13. The largest absolute Gasteiger partial charge is 0.481 e. The second-order valence-electron chi connectivity index (χ2n) is 5.52. The molecule has 0 spiro atoms. The van der Waals surface area contributed by atoms with Crippen molar-refractivity contribution in [3.63, 3.8) is 0 Å². The van der Waals surface area contributed by atoms with Crippen molar-refractivity contribution in [1.82, 2.24) is 15.1 Å². The third-order valence-electron chi connectivity index (χ3n) is 2.99. The first-order valence-electron chi connectivity index (χ1n) is 7.20. The van der Waals surface area contributed by atoms with Crippen molar-refractivity contribution in [3.05, 3.63) is 12.3 Å². The summed E-state index contributed by atoms with van der Waals surface area (Å²) in [6.45, 7) is 6.67. The van der Waals surface area contributed by atoms with E-state index >= 15 is 0 Å². The van der Waals surface area contributed by atoms with Gasteiger partial charge in [-0.1, -0.05) is 13.8 Å². The first-order valence-corrected chi connectivity index (χ1v) is 7.20. The average Bonchev–Trinajstić information content (AvgIpc) is 2.81. The minimum Gasteiger partial charge on any atom is -0.481 e. The number of carbonyl (C=O) groups excluding carboxylic acids is 1. The number of carboxylic acid groups (broad SMARTS) is 1. The number of hydrogen-bond acceptors (Lipinski definition) is 3.